The van der Waals surface area contributed by atoms with Gasteiger partial charge in [-0.25, -0.2) is 9.37 Å². The van der Waals surface area contributed by atoms with Crippen molar-refractivity contribution < 1.29 is 9.13 Å². The first-order valence-electron chi connectivity index (χ1n) is 6.00. The number of aryl methyl sites for hydroxylation is 1. The fourth-order valence-electron chi connectivity index (χ4n) is 1.53. The average molecular weight is 294 g/mol. The molecule has 0 radical (unpaired) electrons. The molecule has 0 unspecified atom stereocenters. The molecular formula is C14H13ClFN3O. The Morgan fingerprint density at radius 2 is 2.25 bits per heavy atom. The first kappa shape index (κ1) is 14.4. The molecule has 20 heavy (non-hydrogen) atoms. The molecule has 0 fully saturated rings. The van der Waals surface area contributed by atoms with Gasteiger partial charge in [-0.15, -0.1) is 11.6 Å². The molecule has 0 saturated carbocycles. The maximum absolute atomic E-state index is 13.5. The monoisotopic (exact) mass is 293 g/mol. The maximum atomic E-state index is 13.5. The Bertz CT molecular complexity index is 645. The molecule has 0 saturated heterocycles. The lowest BCUT2D eigenvalue weighted by atomic mass is 10.2. The first-order valence-corrected chi connectivity index (χ1v) is 6.53. The summed E-state index contributed by atoms with van der Waals surface area (Å²) in [7, 11) is 1.76. The zero-order valence-corrected chi connectivity index (χ0v) is 11.7. The first-order chi connectivity index (χ1) is 9.69. The van der Waals surface area contributed by atoms with Crippen LogP contribution in [0.3, 0.4) is 0 Å². The summed E-state index contributed by atoms with van der Waals surface area (Å²) in [6.07, 6.45) is 2.00. The van der Waals surface area contributed by atoms with E-state index >= 15 is 0 Å². The van der Waals surface area contributed by atoms with Crippen molar-refractivity contribution in [1.29, 1.82) is 0 Å². The van der Waals surface area contributed by atoms with Crippen LogP contribution in [0.1, 0.15) is 17.8 Å². The summed E-state index contributed by atoms with van der Waals surface area (Å²) in [6.45, 7) is 0.217. The minimum atomic E-state index is -0.393. The Labute approximate surface area is 121 Å². The van der Waals surface area contributed by atoms with Gasteiger partial charge in [0.2, 0.25) is 0 Å². The molecule has 0 spiro atoms. The van der Waals surface area contributed by atoms with Gasteiger partial charge >= 0.3 is 0 Å². The van der Waals surface area contributed by atoms with Crippen LogP contribution in [0.25, 0.3) is 0 Å². The fourth-order valence-corrected chi connectivity index (χ4v) is 1.62. The highest BCUT2D eigenvalue weighted by atomic mass is 35.5. The van der Waals surface area contributed by atoms with Crippen molar-refractivity contribution in [3.63, 3.8) is 0 Å². The van der Waals surface area contributed by atoms with Gasteiger partial charge < -0.3 is 4.74 Å². The zero-order chi connectivity index (χ0) is 14.4. The van der Waals surface area contributed by atoms with Crippen LogP contribution in [0.15, 0.2) is 24.5 Å². The third kappa shape index (κ3) is 3.97. The molecule has 1 aromatic carbocycles. The minimum Gasteiger partial charge on any atom is -0.485 e. The van der Waals surface area contributed by atoms with Crippen molar-refractivity contribution >= 4 is 11.6 Å². The van der Waals surface area contributed by atoms with E-state index in [1.165, 1.54) is 18.5 Å². The van der Waals surface area contributed by atoms with E-state index in [0.29, 0.717) is 29.4 Å². The number of halogens is 2. The summed E-state index contributed by atoms with van der Waals surface area (Å²) in [5.74, 6) is 6.82. The number of nitrogens with zero attached hydrogens (tertiary/aromatic N) is 3. The lowest BCUT2D eigenvalue weighted by Gasteiger charge is -2.06. The van der Waals surface area contributed by atoms with Gasteiger partial charge in [0.05, 0.1) is 0 Å². The van der Waals surface area contributed by atoms with Crippen LogP contribution in [0.4, 0.5) is 4.39 Å². The summed E-state index contributed by atoms with van der Waals surface area (Å²) in [5, 5.41) is 3.93. The number of aromatic nitrogens is 3. The van der Waals surface area contributed by atoms with E-state index in [-0.39, 0.29) is 6.61 Å². The van der Waals surface area contributed by atoms with Crippen molar-refractivity contribution in [2.75, 3.05) is 5.88 Å². The molecule has 0 atom stereocenters. The molecule has 0 N–H and O–H groups in total. The lowest BCUT2D eigenvalue weighted by molar-refractivity contribution is 0.288. The molecule has 0 amide bonds. The highest BCUT2D eigenvalue weighted by molar-refractivity contribution is 6.18. The summed E-state index contributed by atoms with van der Waals surface area (Å²) in [5.41, 5.74) is 0.558. The second-order valence-electron chi connectivity index (χ2n) is 4.00. The van der Waals surface area contributed by atoms with Crippen LogP contribution in [0.2, 0.25) is 0 Å². The number of alkyl halides is 1. The van der Waals surface area contributed by atoms with Crippen LogP contribution in [-0.2, 0) is 13.7 Å². The topological polar surface area (TPSA) is 39.9 Å². The Kier molecular flexibility index (Phi) is 4.97. The highest BCUT2D eigenvalue weighted by Crippen LogP contribution is 2.17. The van der Waals surface area contributed by atoms with E-state index in [4.69, 9.17) is 16.3 Å². The van der Waals surface area contributed by atoms with E-state index in [9.17, 15) is 4.39 Å². The van der Waals surface area contributed by atoms with Gasteiger partial charge in [0.25, 0.3) is 0 Å². The van der Waals surface area contributed by atoms with E-state index < -0.39 is 5.82 Å². The number of hydrogen-bond acceptors (Lipinski definition) is 3. The van der Waals surface area contributed by atoms with Gasteiger partial charge in [-0.1, -0.05) is 11.8 Å². The van der Waals surface area contributed by atoms with Crippen molar-refractivity contribution in [1.82, 2.24) is 14.8 Å². The standard InChI is InChI=1S/C14H13ClFN3O/c1-19-14(17-10-18-19)9-20-13-7-11(4-2-3-5-15)6-12(16)8-13/h6-8,10H,3,5,9H2,1H3. The number of ether oxygens (including phenoxy) is 1. The van der Waals surface area contributed by atoms with Gasteiger partial charge in [0.15, 0.2) is 5.82 Å². The third-order valence-corrected chi connectivity index (χ3v) is 2.69. The molecule has 1 aromatic heterocycles. The number of benzene rings is 1. The van der Waals surface area contributed by atoms with Crippen LogP contribution >= 0.6 is 11.6 Å². The van der Waals surface area contributed by atoms with Crippen molar-refractivity contribution in [2.45, 2.75) is 13.0 Å². The second-order valence-corrected chi connectivity index (χ2v) is 4.38. The fraction of sp³-hybridized carbons (Fsp3) is 0.286. The molecule has 0 aliphatic rings. The van der Waals surface area contributed by atoms with E-state index in [1.54, 1.807) is 17.8 Å². The lowest BCUT2D eigenvalue weighted by Crippen LogP contribution is -2.04. The van der Waals surface area contributed by atoms with Gasteiger partial charge in [-0.05, 0) is 12.1 Å². The molecule has 2 rings (SSSR count). The molecular weight excluding hydrogens is 281 g/mol. The molecule has 0 bridgehead atoms. The van der Waals surface area contributed by atoms with E-state index in [0.717, 1.165) is 0 Å². The minimum absolute atomic E-state index is 0.217. The van der Waals surface area contributed by atoms with Gasteiger partial charge in [0, 0.05) is 31.0 Å². The molecule has 1 heterocycles. The highest BCUT2D eigenvalue weighted by Gasteiger charge is 2.04. The van der Waals surface area contributed by atoms with Crippen LogP contribution in [-0.4, -0.2) is 20.6 Å². The van der Waals surface area contributed by atoms with E-state index in [2.05, 4.69) is 21.9 Å². The second kappa shape index (κ2) is 6.92. The molecule has 0 aliphatic heterocycles. The summed E-state index contributed by atoms with van der Waals surface area (Å²) >= 11 is 5.54. The zero-order valence-electron chi connectivity index (χ0n) is 10.9. The van der Waals surface area contributed by atoms with Gasteiger partial charge in [-0.3, -0.25) is 4.68 Å². The van der Waals surface area contributed by atoms with Crippen LogP contribution in [0, 0.1) is 17.7 Å². The van der Waals surface area contributed by atoms with Crippen LogP contribution < -0.4 is 4.74 Å². The predicted molar refractivity (Wildman–Crippen MR) is 74.0 cm³/mol. The largest absolute Gasteiger partial charge is 0.485 e. The molecule has 2 aromatic rings. The quantitative estimate of drug-likeness (QED) is 0.642. The summed E-state index contributed by atoms with van der Waals surface area (Å²) < 4.78 is 20.6. The van der Waals surface area contributed by atoms with Crippen molar-refractivity contribution in [2.24, 2.45) is 7.05 Å². The SMILES string of the molecule is Cn1ncnc1COc1cc(F)cc(C#CCCCl)c1. The van der Waals surface area contributed by atoms with Crippen molar-refractivity contribution in [3.05, 3.63) is 41.7 Å². The normalized spacial score (nSPS) is 9.95. The Morgan fingerprint density at radius 1 is 1.40 bits per heavy atom. The maximum Gasteiger partial charge on any atom is 0.164 e. The summed E-state index contributed by atoms with van der Waals surface area (Å²) in [6, 6.07) is 4.35. The molecule has 104 valence electrons. The number of rotatable bonds is 4. The molecule has 0 aliphatic carbocycles. The average Bonchev–Trinajstić information content (AvgIpc) is 2.82. The van der Waals surface area contributed by atoms with E-state index in [1.807, 2.05) is 0 Å². The van der Waals surface area contributed by atoms with Crippen molar-refractivity contribution in [3.8, 4) is 17.6 Å². The Morgan fingerprint density at radius 3 is 2.95 bits per heavy atom. The Hall–Kier alpha value is -2.06. The molecule has 4 nitrogen and oxygen atoms in total. The van der Waals surface area contributed by atoms with Gasteiger partial charge in [0.1, 0.15) is 24.5 Å². The summed E-state index contributed by atoms with van der Waals surface area (Å²) in [4.78, 5) is 4.03. The molecule has 6 heteroatoms. The third-order valence-electron chi connectivity index (χ3n) is 2.50. The number of hydrogen-bond donors (Lipinski definition) is 0. The Balaban J connectivity index is 2.08. The van der Waals surface area contributed by atoms with Gasteiger partial charge in [-0.2, -0.15) is 5.10 Å². The predicted octanol–water partition coefficient (Wildman–Crippen LogP) is 2.51. The van der Waals surface area contributed by atoms with Crippen LogP contribution in [0.5, 0.6) is 5.75 Å². The smallest absolute Gasteiger partial charge is 0.164 e.